The number of primary amides is 1. The molecule has 0 bridgehead atoms. The molecule has 1 rings (SSSR count). The second-order valence-corrected chi connectivity index (χ2v) is 5.08. The van der Waals surface area contributed by atoms with Crippen LogP contribution < -0.4 is 16.4 Å². The molecule has 1 unspecified atom stereocenters. The van der Waals surface area contributed by atoms with Crippen LogP contribution in [0.5, 0.6) is 0 Å². The Morgan fingerprint density at radius 1 is 1.25 bits per heavy atom. The first-order valence-corrected chi connectivity index (χ1v) is 6.88. The molecule has 20 heavy (non-hydrogen) atoms. The van der Waals surface area contributed by atoms with Crippen molar-refractivity contribution in [2.45, 2.75) is 39.7 Å². The third-order valence-electron chi connectivity index (χ3n) is 3.29. The van der Waals surface area contributed by atoms with Gasteiger partial charge in [0.15, 0.2) is 0 Å². The van der Waals surface area contributed by atoms with Crippen LogP contribution in [0.3, 0.4) is 0 Å². The van der Waals surface area contributed by atoms with Crippen molar-refractivity contribution in [3.05, 3.63) is 29.8 Å². The van der Waals surface area contributed by atoms with E-state index in [1.807, 2.05) is 38.1 Å². The minimum atomic E-state index is -0.585. The summed E-state index contributed by atoms with van der Waals surface area (Å²) in [6, 6.07) is 6.55. The highest BCUT2D eigenvalue weighted by molar-refractivity contribution is 5.91. The first-order valence-electron chi connectivity index (χ1n) is 6.88. The first kappa shape index (κ1) is 16.0. The highest BCUT2D eigenvalue weighted by atomic mass is 16.2. The first-order chi connectivity index (χ1) is 9.43. The van der Waals surface area contributed by atoms with Crippen molar-refractivity contribution in [2.75, 3.05) is 5.32 Å². The lowest BCUT2D eigenvalue weighted by molar-refractivity contribution is -0.117. The van der Waals surface area contributed by atoms with Crippen molar-refractivity contribution in [3.63, 3.8) is 0 Å². The standard InChI is InChI=1S/C15H23N3O2/c1-4-10(2)9-14(19)18-13-8-6-5-7-12(13)11(3)17-15(16)20/h5-8,10-11H,4,9H2,1-3H3,(H,18,19)(H3,16,17,20)/t10-,11?/m0/s1. The van der Waals surface area contributed by atoms with Crippen molar-refractivity contribution in [2.24, 2.45) is 11.7 Å². The fourth-order valence-electron chi connectivity index (χ4n) is 1.94. The summed E-state index contributed by atoms with van der Waals surface area (Å²) >= 11 is 0. The minimum absolute atomic E-state index is 0.0157. The number of benzene rings is 1. The van der Waals surface area contributed by atoms with Gasteiger partial charge >= 0.3 is 6.03 Å². The summed E-state index contributed by atoms with van der Waals surface area (Å²) in [5.41, 5.74) is 6.68. The molecule has 0 saturated carbocycles. The molecule has 0 saturated heterocycles. The number of nitrogens with two attached hydrogens (primary N) is 1. The largest absolute Gasteiger partial charge is 0.352 e. The number of anilines is 1. The third-order valence-corrected chi connectivity index (χ3v) is 3.29. The molecule has 0 aliphatic carbocycles. The topological polar surface area (TPSA) is 84.2 Å². The van der Waals surface area contributed by atoms with Gasteiger partial charge in [-0.3, -0.25) is 4.79 Å². The van der Waals surface area contributed by atoms with Gasteiger partial charge in [0.2, 0.25) is 5.91 Å². The Morgan fingerprint density at radius 3 is 2.50 bits per heavy atom. The average Bonchev–Trinajstić information content (AvgIpc) is 2.38. The van der Waals surface area contributed by atoms with Crippen molar-refractivity contribution in [1.29, 1.82) is 0 Å². The maximum atomic E-state index is 12.0. The lowest BCUT2D eigenvalue weighted by Crippen LogP contribution is -2.32. The summed E-state index contributed by atoms with van der Waals surface area (Å²) in [6.45, 7) is 5.93. The summed E-state index contributed by atoms with van der Waals surface area (Å²) in [5, 5.41) is 5.51. The maximum Gasteiger partial charge on any atom is 0.312 e. The molecular formula is C15H23N3O2. The second kappa shape index (κ2) is 7.53. The Bertz CT molecular complexity index is 474. The van der Waals surface area contributed by atoms with Crippen molar-refractivity contribution >= 4 is 17.6 Å². The Kier molecular flexibility index (Phi) is 6.03. The van der Waals surface area contributed by atoms with Crippen molar-refractivity contribution in [1.82, 2.24) is 5.32 Å². The highest BCUT2D eigenvalue weighted by Crippen LogP contribution is 2.23. The van der Waals surface area contributed by atoms with E-state index in [1.54, 1.807) is 0 Å². The van der Waals surface area contributed by atoms with Gasteiger partial charge in [-0.25, -0.2) is 4.79 Å². The predicted octanol–water partition coefficient (Wildman–Crippen LogP) is 2.79. The number of para-hydroxylation sites is 1. The SMILES string of the molecule is CC[C@H](C)CC(=O)Nc1ccccc1C(C)NC(N)=O. The number of urea groups is 1. The second-order valence-electron chi connectivity index (χ2n) is 5.08. The summed E-state index contributed by atoms with van der Waals surface area (Å²) in [7, 11) is 0. The molecule has 0 aliphatic rings. The van der Waals surface area contributed by atoms with Crippen molar-refractivity contribution in [3.8, 4) is 0 Å². The van der Waals surface area contributed by atoms with Gasteiger partial charge < -0.3 is 16.4 Å². The zero-order chi connectivity index (χ0) is 15.1. The quantitative estimate of drug-likeness (QED) is 0.747. The lowest BCUT2D eigenvalue weighted by atomic mass is 10.0. The van der Waals surface area contributed by atoms with E-state index in [9.17, 15) is 9.59 Å². The lowest BCUT2D eigenvalue weighted by Gasteiger charge is -2.18. The van der Waals surface area contributed by atoms with Crippen molar-refractivity contribution < 1.29 is 9.59 Å². The van der Waals surface area contributed by atoms with E-state index < -0.39 is 6.03 Å². The predicted molar refractivity (Wildman–Crippen MR) is 80.3 cm³/mol. The summed E-state index contributed by atoms with van der Waals surface area (Å²) in [4.78, 5) is 22.9. The zero-order valence-corrected chi connectivity index (χ0v) is 12.3. The summed E-state index contributed by atoms with van der Waals surface area (Å²) in [5.74, 6) is 0.335. The number of rotatable bonds is 6. The number of amides is 3. The van der Waals surface area contributed by atoms with Gasteiger partial charge in [0.05, 0.1) is 6.04 Å². The van der Waals surface area contributed by atoms with Crippen LogP contribution in [0, 0.1) is 5.92 Å². The van der Waals surface area contributed by atoms with Crippen LogP contribution >= 0.6 is 0 Å². The smallest absolute Gasteiger partial charge is 0.312 e. The van der Waals surface area contributed by atoms with Crippen LogP contribution in [0.25, 0.3) is 0 Å². The normalized spacial score (nSPS) is 13.3. The van der Waals surface area contributed by atoms with Crippen LogP contribution in [0.2, 0.25) is 0 Å². The summed E-state index contributed by atoms with van der Waals surface area (Å²) < 4.78 is 0. The number of hydrogen-bond acceptors (Lipinski definition) is 2. The minimum Gasteiger partial charge on any atom is -0.352 e. The number of hydrogen-bond donors (Lipinski definition) is 3. The molecule has 0 spiro atoms. The average molecular weight is 277 g/mol. The van der Waals surface area contributed by atoms with E-state index in [2.05, 4.69) is 17.6 Å². The van der Waals surface area contributed by atoms with Crippen LogP contribution in [0.1, 0.15) is 45.2 Å². The molecule has 4 N–H and O–H groups in total. The van der Waals surface area contributed by atoms with Gasteiger partial charge in [-0.05, 0) is 24.5 Å². The Morgan fingerprint density at radius 2 is 1.90 bits per heavy atom. The highest BCUT2D eigenvalue weighted by Gasteiger charge is 2.14. The number of carbonyl (C=O) groups excluding carboxylic acids is 2. The zero-order valence-electron chi connectivity index (χ0n) is 12.3. The fourth-order valence-corrected chi connectivity index (χ4v) is 1.94. The molecular weight excluding hydrogens is 254 g/mol. The monoisotopic (exact) mass is 277 g/mol. The molecule has 0 aliphatic heterocycles. The van der Waals surface area contributed by atoms with Gasteiger partial charge in [0.25, 0.3) is 0 Å². The van der Waals surface area contributed by atoms with E-state index in [0.717, 1.165) is 12.0 Å². The summed E-state index contributed by atoms with van der Waals surface area (Å²) in [6.07, 6.45) is 1.46. The number of carbonyl (C=O) groups is 2. The molecule has 0 radical (unpaired) electrons. The van der Waals surface area contributed by atoms with Gasteiger partial charge in [-0.15, -0.1) is 0 Å². The van der Waals surface area contributed by atoms with Crippen LogP contribution in [-0.4, -0.2) is 11.9 Å². The van der Waals surface area contributed by atoms with Crippen LogP contribution in [0.15, 0.2) is 24.3 Å². The Hall–Kier alpha value is -2.04. The van der Waals surface area contributed by atoms with E-state index >= 15 is 0 Å². The molecule has 3 amide bonds. The maximum absolute atomic E-state index is 12.0. The Balaban J connectivity index is 2.80. The van der Waals surface area contributed by atoms with Crippen LogP contribution in [-0.2, 0) is 4.79 Å². The molecule has 1 aromatic carbocycles. The number of nitrogens with one attached hydrogen (secondary N) is 2. The molecule has 5 nitrogen and oxygen atoms in total. The molecule has 110 valence electrons. The molecule has 0 heterocycles. The van der Waals surface area contributed by atoms with E-state index in [-0.39, 0.29) is 11.9 Å². The van der Waals surface area contributed by atoms with Gasteiger partial charge in [-0.1, -0.05) is 38.5 Å². The third kappa shape index (κ3) is 4.91. The molecule has 0 fully saturated rings. The van der Waals surface area contributed by atoms with E-state index in [0.29, 0.717) is 18.0 Å². The molecule has 5 heteroatoms. The fraction of sp³-hybridized carbons (Fsp3) is 0.467. The van der Waals surface area contributed by atoms with Gasteiger partial charge in [-0.2, -0.15) is 0 Å². The molecule has 0 aromatic heterocycles. The van der Waals surface area contributed by atoms with E-state index in [1.165, 1.54) is 0 Å². The van der Waals surface area contributed by atoms with Crippen LogP contribution in [0.4, 0.5) is 10.5 Å². The molecule has 2 atom stereocenters. The Labute approximate surface area is 119 Å². The van der Waals surface area contributed by atoms with Gasteiger partial charge in [0.1, 0.15) is 0 Å². The van der Waals surface area contributed by atoms with Gasteiger partial charge in [0, 0.05) is 12.1 Å². The molecule has 1 aromatic rings. The van der Waals surface area contributed by atoms with E-state index in [4.69, 9.17) is 5.73 Å².